The van der Waals surface area contributed by atoms with E-state index in [2.05, 4.69) is 0 Å². The molecule has 3 rings (SSSR count). The zero-order valence-corrected chi connectivity index (χ0v) is 19.5. The van der Waals surface area contributed by atoms with Crippen molar-refractivity contribution in [3.05, 3.63) is 80.4 Å². The van der Waals surface area contributed by atoms with Gasteiger partial charge in [-0.05, 0) is 54.3 Å². The molecule has 1 aliphatic heterocycles. The summed E-state index contributed by atoms with van der Waals surface area (Å²) in [5.41, 5.74) is 2.29. The first-order valence-corrected chi connectivity index (χ1v) is 10.8. The molecule has 0 saturated carbocycles. The third kappa shape index (κ3) is 5.21. The predicted octanol–water partition coefficient (Wildman–Crippen LogP) is 5.82. The number of imide groups is 1. The Kier molecular flexibility index (Phi) is 7.40. The molecule has 32 heavy (non-hydrogen) atoms. The standard InChI is InChI=1S/C25H22Cl2N2O3/c1-15(2)13-29-24(30)21(16(3)22(12-28)25(29)31)10-17-4-8-20(9-5-17)32-14-18-6-7-19(26)11-23(18)27/h4-11,15H,13-14H2,1-3H3/b21-10+. The molecule has 1 aliphatic rings. The van der Waals surface area contributed by atoms with Gasteiger partial charge in [0.25, 0.3) is 11.8 Å². The molecule has 5 nitrogen and oxygen atoms in total. The second kappa shape index (κ2) is 10.0. The van der Waals surface area contributed by atoms with Gasteiger partial charge in [0.05, 0.1) is 0 Å². The molecular weight excluding hydrogens is 447 g/mol. The number of ether oxygens (including phenoxy) is 1. The molecule has 0 unspecified atom stereocenters. The van der Waals surface area contributed by atoms with E-state index in [0.29, 0.717) is 26.9 Å². The third-order valence-electron chi connectivity index (χ3n) is 4.97. The number of hydrogen-bond acceptors (Lipinski definition) is 4. The van der Waals surface area contributed by atoms with Gasteiger partial charge in [-0.2, -0.15) is 5.26 Å². The molecule has 1 heterocycles. The van der Waals surface area contributed by atoms with Crippen molar-refractivity contribution in [2.45, 2.75) is 27.4 Å². The van der Waals surface area contributed by atoms with Crippen molar-refractivity contribution in [3.63, 3.8) is 0 Å². The lowest BCUT2D eigenvalue weighted by molar-refractivity contribution is -0.141. The smallest absolute Gasteiger partial charge is 0.271 e. The fraction of sp³-hybridized carbons (Fsp3) is 0.240. The third-order valence-corrected chi connectivity index (χ3v) is 5.56. The normalized spacial score (nSPS) is 15.5. The summed E-state index contributed by atoms with van der Waals surface area (Å²) in [5, 5.41) is 10.5. The minimum absolute atomic E-state index is 0.00343. The Morgan fingerprint density at radius 3 is 2.38 bits per heavy atom. The van der Waals surface area contributed by atoms with E-state index < -0.39 is 11.8 Å². The van der Waals surface area contributed by atoms with Crippen LogP contribution in [0.3, 0.4) is 0 Å². The van der Waals surface area contributed by atoms with Gasteiger partial charge in [0.1, 0.15) is 24.0 Å². The maximum atomic E-state index is 13.0. The summed E-state index contributed by atoms with van der Waals surface area (Å²) in [5.74, 6) is -0.203. The number of amides is 2. The summed E-state index contributed by atoms with van der Waals surface area (Å²) >= 11 is 12.1. The van der Waals surface area contributed by atoms with E-state index >= 15 is 0 Å². The summed E-state index contributed by atoms with van der Waals surface area (Å²) in [4.78, 5) is 26.7. The Morgan fingerprint density at radius 1 is 1.09 bits per heavy atom. The second-order valence-corrected chi connectivity index (χ2v) is 8.72. The Bertz CT molecular complexity index is 1160. The maximum absolute atomic E-state index is 13.0. The van der Waals surface area contributed by atoms with E-state index in [9.17, 15) is 14.9 Å². The van der Waals surface area contributed by atoms with Crippen LogP contribution in [0.4, 0.5) is 0 Å². The van der Waals surface area contributed by atoms with Gasteiger partial charge in [0.15, 0.2) is 0 Å². The van der Waals surface area contributed by atoms with Crippen LogP contribution in [-0.4, -0.2) is 23.3 Å². The van der Waals surface area contributed by atoms with Crippen LogP contribution < -0.4 is 4.74 Å². The average molecular weight is 469 g/mol. The van der Waals surface area contributed by atoms with E-state index in [1.165, 1.54) is 0 Å². The fourth-order valence-corrected chi connectivity index (χ4v) is 3.75. The highest BCUT2D eigenvalue weighted by Crippen LogP contribution is 2.28. The van der Waals surface area contributed by atoms with Crippen molar-refractivity contribution < 1.29 is 14.3 Å². The van der Waals surface area contributed by atoms with Crippen molar-refractivity contribution in [1.29, 1.82) is 5.26 Å². The van der Waals surface area contributed by atoms with Gasteiger partial charge in [-0.15, -0.1) is 0 Å². The quantitative estimate of drug-likeness (QED) is 0.395. The van der Waals surface area contributed by atoms with Crippen molar-refractivity contribution in [1.82, 2.24) is 4.90 Å². The number of carbonyl (C=O) groups excluding carboxylic acids is 2. The van der Waals surface area contributed by atoms with Gasteiger partial charge < -0.3 is 4.74 Å². The number of benzene rings is 2. The zero-order valence-electron chi connectivity index (χ0n) is 18.0. The Hall–Kier alpha value is -3.07. The molecule has 164 valence electrons. The molecular formula is C25H22Cl2N2O3. The van der Waals surface area contributed by atoms with Crippen LogP contribution in [0.15, 0.2) is 59.2 Å². The van der Waals surface area contributed by atoms with Gasteiger partial charge in [-0.1, -0.05) is 55.2 Å². The van der Waals surface area contributed by atoms with Gasteiger partial charge in [-0.3, -0.25) is 14.5 Å². The monoisotopic (exact) mass is 468 g/mol. The van der Waals surface area contributed by atoms with Crippen LogP contribution in [0.1, 0.15) is 31.9 Å². The first-order chi connectivity index (χ1) is 15.2. The average Bonchev–Trinajstić information content (AvgIpc) is 2.75. The molecule has 0 fully saturated rings. The number of nitriles is 1. The maximum Gasteiger partial charge on any atom is 0.271 e. The van der Waals surface area contributed by atoms with Crippen LogP contribution in [0, 0.1) is 17.2 Å². The highest BCUT2D eigenvalue weighted by atomic mass is 35.5. The summed E-state index contributed by atoms with van der Waals surface area (Å²) in [7, 11) is 0. The van der Waals surface area contributed by atoms with E-state index in [1.807, 2.05) is 38.1 Å². The molecule has 0 spiro atoms. The lowest BCUT2D eigenvalue weighted by Crippen LogP contribution is -2.44. The molecule has 7 heteroatoms. The molecule has 0 aromatic heterocycles. The number of carbonyl (C=O) groups is 2. The van der Waals surface area contributed by atoms with Gasteiger partial charge in [0, 0.05) is 27.7 Å². The van der Waals surface area contributed by atoms with Gasteiger partial charge in [0.2, 0.25) is 0 Å². The molecule has 2 amide bonds. The van der Waals surface area contributed by atoms with Crippen LogP contribution in [-0.2, 0) is 16.2 Å². The Morgan fingerprint density at radius 2 is 1.78 bits per heavy atom. The molecule has 2 aromatic carbocycles. The lowest BCUT2D eigenvalue weighted by atomic mass is 9.93. The highest BCUT2D eigenvalue weighted by Gasteiger charge is 2.35. The molecule has 0 saturated heterocycles. The van der Waals surface area contributed by atoms with Crippen molar-refractivity contribution in [2.24, 2.45) is 5.92 Å². The van der Waals surface area contributed by atoms with Crippen LogP contribution in [0.5, 0.6) is 5.75 Å². The first kappa shape index (κ1) is 23.6. The fourth-order valence-electron chi connectivity index (χ4n) is 3.29. The van der Waals surface area contributed by atoms with Crippen molar-refractivity contribution in [3.8, 4) is 11.8 Å². The summed E-state index contributed by atoms with van der Waals surface area (Å²) in [6, 6.07) is 14.4. The second-order valence-electron chi connectivity index (χ2n) is 7.88. The Balaban J connectivity index is 1.82. The van der Waals surface area contributed by atoms with Crippen molar-refractivity contribution >= 4 is 41.1 Å². The Labute approximate surface area is 197 Å². The zero-order chi connectivity index (χ0) is 23.4. The number of halogens is 2. The van der Waals surface area contributed by atoms with Crippen LogP contribution >= 0.6 is 23.2 Å². The highest BCUT2D eigenvalue weighted by molar-refractivity contribution is 6.35. The molecule has 0 radical (unpaired) electrons. The topological polar surface area (TPSA) is 70.4 Å². The number of nitrogens with zero attached hydrogens (tertiary/aromatic N) is 2. The molecule has 0 atom stereocenters. The minimum Gasteiger partial charge on any atom is -0.489 e. The molecule has 0 bridgehead atoms. The summed E-state index contributed by atoms with van der Waals surface area (Å²) < 4.78 is 5.79. The first-order valence-electron chi connectivity index (χ1n) is 10.1. The summed E-state index contributed by atoms with van der Waals surface area (Å²) in [6.45, 7) is 6.00. The van der Waals surface area contributed by atoms with Crippen LogP contribution in [0.25, 0.3) is 6.08 Å². The van der Waals surface area contributed by atoms with Crippen LogP contribution in [0.2, 0.25) is 10.0 Å². The SMILES string of the molecule is CC1=C(C#N)C(=O)N(CC(C)C)C(=O)/C1=C/c1ccc(OCc2ccc(Cl)cc2Cl)cc1. The van der Waals surface area contributed by atoms with E-state index in [4.69, 9.17) is 27.9 Å². The van der Waals surface area contributed by atoms with Gasteiger partial charge in [-0.25, -0.2) is 0 Å². The molecule has 0 aliphatic carbocycles. The van der Waals surface area contributed by atoms with Gasteiger partial charge >= 0.3 is 0 Å². The predicted molar refractivity (Wildman–Crippen MR) is 125 cm³/mol. The van der Waals surface area contributed by atoms with E-state index in [1.54, 1.807) is 37.3 Å². The largest absolute Gasteiger partial charge is 0.489 e. The molecule has 0 N–H and O–H groups in total. The van der Waals surface area contributed by atoms with Crippen molar-refractivity contribution in [2.75, 3.05) is 6.54 Å². The van der Waals surface area contributed by atoms with E-state index in [-0.39, 0.29) is 24.6 Å². The number of rotatable bonds is 6. The lowest BCUT2D eigenvalue weighted by Gasteiger charge is -2.28. The molecule has 2 aromatic rings. The minimum atomic E-state index is -0.537. The van der Waals surface area contributed by atoms with E-state index in [0.717, 1.165) is 16.0 Å². The number of hydrogen-bond donors (Lipinski definition) is 0. The summed E-state index contributed by atoms with van der Waals surface area (Å²) in [6.07, 6.45) is 1.69.